The lowest BCUT2D eigenvalue weighted by molar-refractivity contribution is -0.247. The molecular weight excluding hydrogens is 744 g/mol. The smallest absolute Gasteiger partial charge is 0.338 e. The van der Waals surface area contributed by atoms with Gasteiger partial charge in [-0.05, 0) is 47.5 Å². The van der Waals surface area contributed by atoms with Gasteiger partial charge in [0, 0.05) is 7.11 Å². The molecule has 58 heavy (non-hydrogen) atoms. The number of ether oxygens (including phenoxy) is 9. The molecule has 0 aliphatic carbocycles. The summed E-state index contributed by atoms with van der Waals surface area (Å²) in [5, 5.41) is 0. The number of methoxy groups -OCH3 is 1. The van der Waals surface area contributed by atoms with E-state index in [9.17, 15) is 14.4 Å². The molecule has 7 rings (SSSR count). The fourth-order valence-corrected chi connectivity index (χ4v) is 6.70. The molecule has 8 atom stereocenters. The van der Waals surface area contributed by atoms with Gasteiger partial charge in [-0.2, -0.15) is 0 Å². The second-order valence-corrected chi connectivity index (χ2v) is 13.6. The number of hydrogen-bond acceptors (Lipinski definition) is 12. The van der Waals surface area contributed by atoms with Crippen LogP contribution in [0.3, 0.4) is 0 Å². The van der Waals surface area contributed by atoms with Crippen LogP contribution in [0.2, 0.25) is 0 Å². The standard InChI is InChI=1S/C46H44O12/c1-50-45-41(39(57-44(49)35-25-15-6-16-26-35)37(55-45)30-54-43(48)34-23-13-5-14-24-34)58-46-40(52-28-32-19-9-3-10-20-32)38(51-27-31-17-7-2-8-18-31)36(56-46)29-53-42(47)33-21-11-4-12-22-33/h2-26,36-41,45-46H,27-30H2,1H3/t36-,37-,38-,39-,40+,41+,45+,46-/m1/s1. The zero-order chi connectivity index (χ0) is 40.1. The Labute approximate surface area is 336 Å². The van der Waals surface area contributed by atoms with Gasteiger partial charge in [0.25, 0.3) is 0 Å². The first-order chi connectivity index (χ1) is 28.5. The lowest BCUT2D eigenvalue weighted by Crippen LogP contribution is -2.46. The largest absolute Gasteiger partial charge is 0.459 e. The fraction of sp³-hybridized carbons (Fsp3) is 0.283. The predicted molar refractivity (Wildman–Crippen MR) is 208 cm³/mol. The second-order valence-electron chi connectivity index (χ2n) is 13.6. The van der Waals surface area contributed by atoms with E-state index in [1.54, 1.807) is 84.9 Å². The normalized spacial score (nSPS) is 23.9. The van der Waals surface area contributed by atoms with Crippen molar-refractivity contribution in [3.8, 4) is 0 Å². The van der Waals surface area contributed by atoms with E-state index in [0.29, 0.717) is 11.1 Å². The van der Waals surface area contributed by atoms with Crippen molar-refractivity contribution in [2.24, 2.45) is 0 Å². The van der Waals surface area contributed by atoms with Crippen LogP contribution in [-0.4, -0.2) is 87.4 Å². The lowest BCUT2D eigenvalue weighted by atomic mass is 10.1. The van der Waals surface area contributed by atoms with E-state index in [1.807, 2.05) is 66.7 Å². The molecule has 2 saturated heterocycles. The monoisotopic (exact) mass is 788 g/mol. The van der Waals surface area contributed by atoms with Crippen LogP contribution in [0.4, 0.5) is 0 Å². The Morgan fingerprint density at radius 1 is 0.466 bits per heavy atom. The van der Waals surface area contributed by atoms with Gasteiger partial charge in [0.2, 0.25) is 0 Å². The molecule has 0 N–H and O–H groups in total. The highest BCUT2D eigenvalue weighted by atomic mass is 16.8. The Balaban J connectivity index is 1.17. The molecule has 12 heteroatoms. The van der Waals surface area contributed by atoms with Crippen molar-refractivity contribution in [1.29, 1.82) is 0 Å². The van der Waals surface area contributed by atoms with Crippen molar-refractivity contribution in [3.63, 3.8) is 0 Å². The second kappa shape index (κ2) is 20.1. The van der Waals surface area contributed by atoms with Gasteiger partial charge in [-0.15, -0.1) is 0 Å². The summed E-state index contributed by atoms with van der Waals surface area (Å²) in [5.41, 5.74) is 2.79. The van der Waals surface area contributed by atoms with Gasteiger partial charge in [-0.1, -0.05) is 115 Å². The first-order valence-electron chi connectivity index (χ1n) is 19.0. The van der Waals surface area contributed by atoms with Crippen LogP contribution >= 0.6 is 0 Å². The Morgan fingerprint density at radius 2 is 0.862 bits per heavy atom. The average molecular weight is 789 g/mol. The minimum Gasteiger partial charge on any atom is -0.459 e. The number of carbonyl (C=O) groups is 3. The summed E-state index contributed by atoms with van der Waals surface area (Å²) in [5.74, 6) is -1.78. The van der Waals surface area contributed by atoms with E-state index in [-0.39, 0.29) is 32.0 Å². The Kier molecular flexibility index (Phi) is 14.0. The molecular formula is C46H44O12. The van der Waals surface area contributed by atoms with Gasteiger partial charge in [0.1, 0.15) is 37.6 Å². The zero-order valence-corrected chi connectivity index (χ0v) is 31.8. The molecule has 2 aliphatic rings. The van der Waals surface area contributed by atoms with Crippen molar-refractivity contribution in [3.05, 3.63) is 179 Å². The van der Waals surface area contributed by atoms with Crippen molar-refractivity contribution in [2.45, 2.75) is 62.4 Å². The van der Waals surface area contributed by atoms with Crippen molar-refractivity contribution < 1.29 is 57.0 Å². The first-order valence-corrected chi connectivity index (χ1v) is 19.0. The number of benzene rings is 5. The SMILES string of the molecule is CO[C@H]1O[C@H](COC(=O)c2ccccc2)[C@@H](OC(=O)c2ccccc2)[C@@H]1O[C@H]1O[C@H](COC(=O)c2ccccc2)[C@@H](OCc2ccccc2)[C@@H]1OCc1ccccc1. The molecule has 12 nitrogen and oxygen atoms in total. The third-order valence-corrected chi connectivity index (χ3v) is 9.66. The summed E-state index contributed by atoms with van der Waals surface area (Å²) < 4.78 is 55.9. The molecule has 0 unspecified atom stereocenters. The molecule has 2 heterocycles. The maximum atomic E-state index is 13.6. The Hall–Kier alpha value is -5.73. The van der Waals surface area contributed by atoms with Crippen molar-refractivity contribution in [2.75, 3.05) is 20.3 Å². The lowest BCUT2D eigenvalue weighted by Gasteiger charge is -2.29. The predicted octanol–water partition coefficient (Wildman–Crippen LogP) is 6.58. The molecule has 5 aromatic rings. The summed E-state index contributed by atoms with van der Waals surface area (Å²) in [7, 11) is 1.42. The highest BCUT2D eigenvalue weighted by Crippen LogP contribution is 2.36. The van der Waals surface area contributed by atoms with Gasteiger partial charge >= 0.3 is 17.9 Å². The molecule has 2 aliphatic heterocycles. The minimum absolute atomic E-state index is 0.163. The number of hydrogen-bond donors (Lipinski definition) is 0. The van der Waals surface area contributed by atoms with Crippen LogP contribution in [-0.2, 0) is 55.8 Å². The summed E-state index contributed by atoms with van der Waals surface area (Å²) in [6.45, 7) is -0.136. The van der Waals surface area contributed by atoms with E-state index in [0.717, 1.165) is 11.1 Å². The van der Waals surface area contributed by atoms with Crippen LogP contribution in [0.1, 0.15) is 42.2 Å². The van der Waals surface area contributed by atoms with Gasteiger partial charge in [-0.3, -0.25) is 0 Å². The third kappa shape index (κ3) is 10.4. The average Bonchev–Trinajstić information content (AvgIpc) is 3.79. The van der Waals surface area contributed by atoms with Crippen LogP contribution in [0, 0.1) is 0 Å². The quantitative estimate of drug-likeness (QED) is 0.0745. The minimum atomic E-state index is -1.18. The van der Waals surface area contributed by atoms with Gasteiger partial charge in [-0.25, -0.2) is 14.4 Å². The highest BCUT2D eigenvalue weighted by molar-refractivity contribution is 5.90. The first kappa shape index (κ1) is 40.5. The molecule has 300 valence electrons. The van der Waals surface area contributed by atoms with E-state index in [2.05, 4.69) is 0 Å². The summed E-state index contributed by atoms with van der Waals surface area (Å²) in [6.07, 6.45) is -8.14. The van der Waals surface area contributed by atoms with Gasteiger partial charge in [0.05, 0.1) is 29.9 Å². The highest BCUT2D eigenvalue weighted by Gasteiger charge is 2.55. The van der Waals surface area contributed by atoms with Crippen molar-refractivity contribution in [1.82, 2.24) is 0 Å². The van der Waals surface area contributed by atoms with E-state index < -0.39 is 67.1 Å². The molecule has 0 spiro atoms. The Bertz CT molecular complexity index is 2030. The number of carbonyl (C=O) groups excluding carboxylic acids is 3. The maximum absolute atomic E-state index is 13.6. The van der Waals surface area contributed by atoms with Crippen LogP contribution in [0.5, 0.6) is 0 Å². The van der Waals surface area contributed by atoms with E-state index in [1.165, 1.54) is 7.11 Å². The van der Waals surface area contributed by atoms with Crippen molar-refractivity contribution >= 4 is 17.9 Å². The maximum Gasteiger partial charge on any atom is 0.338 e. The van der Waals surface area contributed by atoms with Crippen LogP contribution in [0.15, 0.2) is 152 Å². The molecule has 0 saturated carbocycles. The zero-order valence-electron chi connectivity index (χ0n) is 31.8. The fourth-order valence-electron chi connectivity index (χ4n) is 6.70. The van der Waals surface area contributed by atoms with Gasteiger partial charge in [0.15, 0.2) is 24.8 Å². The van der Waals surface area contributed by atoms with Crippen LogP contribution in [0.25, 0.3) is 0 Å². The summed E-state index contributed by atoms with van der Waals surface area (Å²) in [4.78, 5) is 39.7. The third-order valence-electron chi connectivity index (χ3n) is 9.66. The van der Waals surface area contributed by atoms with E-state index >= 15 is 0 Å². The summed E-state index contributed by atoms with van der Waals surface area (Å²) in [6, 6.07) is 44.8. The molecule has 5 aromatic carbocycles. The molecule has 0 aromatic heterocycles. The summed E-state index contributed by atoms with van der Waals surface area (Å²) >= 11 is 0. The molecule has 0 amide bonds. The molecule has 2 fully saturated rings. The number of rotatable bonds is 17. The van der Waals surface area contributed by atoms with Crippen LogP contribution < -0.4 is 0 Å². The van der Waals surface area contributed by atoms with Gasteiger partial charge < -0.3 is 42.6 Å². The number of esters is 3. The molecule has 0 radical (unpaired) electrons. The topological polar surface area (TPSA) is 134 Å². The molecule has 0 bridgehead atoms. The Morgan fingerprint density at radius 3 is 1.33 bits per heavy atom. The van der Waals surface area contributed by atoms with E-state index in [4.69, 9.17) is 42.6 Å².